The van der Waals surface area contributed by atoms with Gasteiger partial charge in [-0.15, -0.1) is 0 Å². The Labute approximate surface area is 167 Å². The molecule has 0 bridgehead atoms. The minimum atomic E-state index is -0.0761. The molecule has 1 aliphatic rings. The van der Waals surface area contributed by atoms with Crippen molar-refractivity contribution >= 4 is 17.5 Å². The molecule has 1 fully saturated rings. The van der Waals surface area contributed by atoms with Crippen molar-refractivity contribution < 1.29 is 9.59 Å². The summed E-state index contributed by atoms with van der Waals surface area (Å²) in [5.41, 5.74) is 2.29. The van der Waals surface area contributed by atoms with Crippen LogP contribution >= 0.6 is 0 Å². The number of amides is 2. The Hall–Kier alpha value is -2.66. The number of carbonyl (C=O) groups excluding carboxylic acids is 2. The van der Waals surface area contributed by atoms with Crippen LogP contribution in [0.5, 0.6) is 0 Å². The van der Waals surface area contributed by atoms with Crippen LogP contribution in [0.1, 0.15) is 48.0 Å². The average Bonchev–Trinajstić information content (AvgIpc) is 2.73. The smallest absolute Gasteiger partial charge is 0.253 e. The molecule has 3 rings (SSSR count). The monoisotopic (exact) mass is 379 g/mol. The summed E-state index contributed by atoms with van der Waals surface area (Å²) < 4.78 is 0. The molecule has 5 heteroatoms. The summed E-state index contributed by atoms with van der Waals surface area (Å²) in [6, 6.07) is 17.5. The molecule has 0 atom stereocenters. The minimum Gasteiger partial charge on any atom is -0.337 e. The summed E-state index contributed by atoms with van der Waals surface area (Å²) in [5.74, 6) is -0.145. The van der Waals surface area contributed by atoms with Gasteiger partial charge in [-0.2, -0.15) is 0 Å². The van der Waals surface area contributed by atoms with Gasteiger partial charge in [0, 0.05) is 30.9 Å². The number of rotatable bonds is 7. The second kappa shape index (κ2) is 10.0. The molecule has 2 N–H and O–H groups in total. The van der Waals surface area contributed by atoms with Gasteiger partial charge in [0.15, 0.2) is 0 Å². The minimum absolute atomic E-state index is 0.0692. The van der Waals surface area contributed by atoms with Crippen LogP contribution < -0.4 is 10.6 Å². The van der Waals surface area contributed by atoms with Crippen molar-refractivity contribution in [2.45, 2.75) is 44.7 Å². The van der Waals surface area contributed by atoms with Gasteiger partial charge in [0.1, 0.15) is 0 Å². The van der Waals surface area contributed by atoms with Gasteiger partial charge in [-0.3, -0.25) is 9.59 Å². The van der Waals surface area contributed by atoms with Gasteiger partial charge in [-0.05, 0) is 36.6 Å². The summed E-state index contributed by atoms with van der Waals surface area (Å²) >= 11 is 0. The van der Waals surface area contributed by atoms with Gasteiger partial charge < -0.3 is 15.5 Å². The molecule has 2 aromatic rings. The maximum atomic E-state index is 12.7. The lowest BCUT2D eigenvalue weighted by Gasteiger charge is -2.22. The summed E-state index contributed by atoms with van der Waals surface area (Å²) in [4.78, 5) is 26.6. The largest absolute Gasteiger partial charge is 0.337 e. The zero-order valence-electron chi connectivity index (χ0n) is 16.5. The standard InChI is InChI=1S/C23H29N3O2/c1-26(17-18-9-4-2-5-10-18)23(28)19-11-8-14-21(15-19)25-22(27)16-24-20-12-6-3-7-13-20/h2,4-5,8-11,14-15,20,24H,3,6-7,12-13,16-17H2,1H3,(H,25,27). The second-order valence-electron chi connectivity index (χ2n) is 7.49. The molecule has 0 heterocycles. The lowest BCUT2D eigenvalue weighted by molar-refractivity contribution is -0.115. The first kappa shape index (κ1) is 20.1. The van der Waals surface area contributed by atoms with Crippen molar-refractivity contribution in [2.75, 3.05) is 18.9 Å². The van der Waals surface area contributed by atoms with E-state index in [1.165, 1.54) is 19.3 Å². The Balaban J connectivity index is 1.53. The fraction of sp³-hybridized carbons (Fsp3) is 0.391. The van der Waals surface area contributed by atoms with E-state index < -0.39 is 0 Å². The molecule has 0 spiro atoms. The maximum absolute atomic E-state index is 12.7. The van der Waals surface area contributed by atoms with E-state index in [0.717, 1.165) is 18.4 Å². The average molecular weight is 380 g/mol. The maximum Gasteiger partial charge on any atom is 0.253 e. The quantitative estimate of drug-likeness (QED) is 0.769. The molecule has 148 valence electrons. The first-order valence-electron chi connectivity index (χ1n) is 10.0. The number of hydrogen-bond acceptors (Lipinski definition) is 3. The highest BCUT2D eigenvalue weighted by Crippen LogP contribution is 2.17. The first-order valence-corrected chi connectivity index (χ1v) is 10.0. The summed E-state index contributed by atoms with van der Waals surface area (Å²) in [6.07, 6.45) is 6.06. The van der Waals surface area contributed by atoms with Crippen LogP contribution in [-0.4, -0.2) is 36.3 Å². The van der Waals surface area contributed by atoms with Crippen LogP contribution in [0, 0.1) is 0 Å². The van der Waals surface area contributed by atoms with Crippen LogP contribution in [0.25, 0.3) is 0 Å². The number of nitrogens with one attached hydrogen (secondary N) is 2. The third kappa shape index (κ3) is 5.92. The third-order valence-electron chi connectivity index (χ3n) is 5.16. The first-order chi connectivity index (χ1) is 13.6. The molecule has 1 aliphatic carbocycles. The molecule has 0 radical (unpaired) electrons. The van der Waals surface area contributed by atoms with Gasteiger partial charge in [-0.25, -0.2) is 0 Å². The van der Waals surface area contributed by atoms with Crippen LogP contribution in [0.4, 0.5) is 5.69 Å². The second-order valence-corrected chi connectivity index (χ2v) is 7.49. The molecule has 2 amide bonds. The predicted octanol–water partition coefficient (Wildman–Crippen LogP) is 3.82. The number of benzene rings is 2. The van der Waals surface area contributed by atoms with E-state index >= 15 is 0 Å². The topological polar surface area (TPSA) is 61.4 Å². The molecule has 2 aromatic carbocycles. The van der Waals surface area contributed by atoms with Crippen molar-refractivity contribution in [3.63, 3.8) is 0 Å². The van der Waals surface area contributed by atoms with Crippen LogP contribution in [0.15, 0.2) is 54.6 Å². The van der Waals surface area contributed by atoms with Crippen molar-refractivity contribution in [2.24, 2.45) is 0 Å². The number of hydrogen-bond donors (Lipinski definition) is 2. The molecule has 1 saturated carbocycles. The summed E-state index contributed by atoms with van der Waals surface area (Å²) in [6.45, 7) is 0.846. The van der Waals surface area contributed by atoms with Gasteiger partial charge in [0.25, 0.3) is 5.91 Å². The number of anilines is 1. The van der Waals surface area contributed by atoms with E-state index in [4.69, 9.17) is 0 Å². The van der Waals surface area contributed by atoms with Crippen molar-refractivity contribution in [1.29, 1.82) is 0 Å². The van der Waals surface area contributed by atoms with E-state index in [1.54, 1.807) is 30.1 Å². The molecule has 0 aliphatic heterocycles. The van der Waals surface area contributed by atoms with E-state index in [9.17, 15) is 9.59 Å². The zero-order valence-corrected chi connectivity index (χ0v) is 16.5. The van der Waals surface area contributed by atoms with E-state index in [2.05, 4.69) is 10.6 Å². The Morgan fingerprint density at radius 1 is 1.00 bits per heavy atom. The third-order valence-corrected chi connectivity index (χ3v) is 5.16. The highest BCUT2D eigenvalue weighted by Gasteiger charge is 2.15. The fourth-order valence-electron chi connectivity index (χ4n) is 3.63. The highest BCUT2D eigenvalue weighted by molar-refractivity contribution is 5.97. The highest BCUT2D eigenvalue weighted by atomic mass is 16.2. The molecule has 0 saturated heterocycles. The molecule has 0 unspecified atom stereocenters. The van der Waals surface area contributed by atoms with Crippen molar-refractivity contribution in [1.82, 2.24) is 10.2 Å². The molecule has 0 aromatic heterocycles. The summed E-state index contributed by atoms with van der Waals surface area (Å²) in [7, 11) is 1.79. The Morgan fingerprint density at radius 2 is 1.75 bits per heavy atom. The van der Waals surface area contributed by atoms with Crippen LogP contribution in [0.2, 0.25) is 0 Å². The van der Waals surface area contributed by atoms with Gasteiger partial charge in [0.05, 0.1) is 6.54 Å². The predicted molar refractivity (Wildman–Crippen MR) is 112 cm³/mol. The normalized spacial score (nSPS) is 14.5. The van der Waals surface area contributed by atoms with Gasteiger partial charge in [0.2, 0.25) is 5.91 Å². The van der Waals surface area contributed by atoms with Gasteiger partial charge >= 0.3 is 0 Å². The van der Waals surface area contributed by atoms with Crippen molar-refractivity contribution in [3.8, 4) is 0 Å². The summed E-state index contributed by atoms with van der Waals surface area (Å²) in [5, 5.41) is 6.23. The fourth-order valence-corrected chi connectivity index (χ4v) is 3.63. The Morgan fingerprint density at radius 3 is 2.50 bits per heavy atom. The number of nitrogens with zero attached hydrogens (tertiary/aromatic N) is 1. The number of carbonyl (C=O) groups is 2. The lowest BCUT2D eigenvalue weighted by atomic mass is 9.95. The molecular weight excluding hydrogens is 350 g/mol. The van der Waals surface area contributed by atoms with Crippen molar-refractivity contribution in [3.05, 3.63) is 65.7 Å². The van der Waals surface area contributed by atoms with Gasteiger partial charge in [-0.1, -0.05) is 55.7 Å². The van der Waals surface area contributed by atoms with Crippen LogP contribution in [0.3, 0.4) is 0 Å². The zero-order chi connectivity index (χ0) is 19.8. The lowest BCUT2D eigenvalue weighted by Crippen LogP contribution is -2.37. The molecule has 5 nitrogen and oxygen atoms in total. The SMILES string of the molecule is CN(Cc1ccccc1)C(=O)c1cccc(NC(=O)CNC2CCCCC2)c1. The van der Waals surface area contributed by atoms with E-state index in [1.807, 2.05) is 36.4 Å². The molecular formula is C23H29N3O2. The van der Waals surface area contributed by atoms with Crippen LogP contribution in [-0.2, 0) is 11.3 Å². The molecule has 28 heavy (non-hydrogen) atoms. The van der Waals surface area contributed by atoms with E-state index in [0.29, 0.717) is 30.4 Å². The Kier molecular flexibility index (Phi) is 7.20. The Bertz CT molecular complexity index is 785. The van der Waals surface area contributed by atoms with E-state index in [-0.39, 0.29) is 11.8 Å².